The molecule has 0 aromatic carbocycles. The maximum Gasteiger partial charge on any atom is 0.0639 e. The van der Waals surface area contributed by atoms with E-state index in [2.05, 4.69) is 6.92 Å². The molecule has 0 aliphatic heterocycles. The molecule has 2 heteroatoms. The van der Waals surface area contributed by atoms with Gasteiger partial charge in [-0.1, -0.05) is 6.92 Å². The number of rotatable bonds is 3. The lowest BCUT2D eigenvalue weighted by atomic mass is 9.93. The fraction of sp³-hybridized carbons (Fsp3) is 1.00. The molecule has 2 saturated carbocycles. The molecule has 2 nitrogen and oxygen atoms in total. The van der Waals surface area contributed by atoms with Crippen molar-refractivity contribution < 1.29 is 5.11 Å². The molecule has 0 bridgehead atoms. The average Bonchev–Trinajstić information content (AvgIpc) is 2.80. The first kappa shape index (κ1) is 7.56. The Morgan fingerprint density at radius 2 is 2.18 bits per heavy atom. The van der Waals surface area contributed by atoms with Crippen LogP contribution in [-0.4, -0.2) is 17.8 Å². The molecular formula is C9H17NO. The summed E-state index contributed by atoms with van der Waals surface area (Å²) < 4.78 is 0. The second kappa shape index (κ2) is 2.20. The third kappa shape index (κ3) is 1.00. The molecule has 0 unspecified atom stereocenters. The Kier molecular flexibility index (Phi) is 1.52. The normalized spacial score (nSPS) is 45.5. The summed E-state index contributed by atoms with van der Waals surface area (Å²) in [6.45, 7) is 2.87. The molecule has 0 aromatic rings. The van der Waals surface area contributed by atoms with Gasteiger partial charge in [0.1, 0.15) is 0 Å². The van der Waals surface area contributed by atoms with Crippen molar-refractivity contribution in [2.75, 3.05) is 6.54 Å². The number of hydrogen-bond acceptors (Lipinski definition) is 2. The van der Waals surface area contributed by atoms with Crippen molar-refractivity contribution in [3.05, 3.63) is 0 Å². The number of hydrogen-bond donors (Lipinski definition) is 2. The summed E-state index contributed by atoms with van der Waals surface area (Å²) in [6.07, 6.45) is 3.48. The van der Waals surface area contributed by atoms with Crippen LogP contribution in [-0.2, 0) is 0 Å². The predicted octanol–water partition coefficient (Wildman–Crippen LogP) is 0.742. The lowest BCUT2D eigenvalue weighted by molar-refractivity contribution is 0.0684. The quantitative estimate of drug-likeness (QED) is 0.631. The van der Waals surface area contributed by atoms with Crippen LogP contribution in [0.5, 0.6) is 0 Å². The second-order valence-corrected chi connectivity index (χ2v) is 4.32. The fourth-order valence-electron chi connectivity index (χ4n) is 2.21. The van der Waals surface area contributed by atoms with Gasteiger partial charge in [-0.05, 0) is 31.1 Å². The Labute approximate surface area is 67.8 Å². The van der Waals surface area contributed by atoms with Gasteiger partial charge >= 0.3 is 0 Å². The van der Waals surface area contributed by atoms with Gasteiger partial charge in [-0.25, -0.2) is 0 Å². The zero-order valence-corrected chi connectivity index (χ0v) is 7.09. The average molecular weight is 155 g/mol. The topological polar surface area (TPSA) is 46.2 Å². The highest BCUT2D eigenvalue weighted by Gasteiger charge is 2.58. The second-order valence-electron chi connectivity index (χ2n) is 4.32. The minimum absolute atomic E-state index is 0.0949. The summed E-state index contributed by atoms with van der Waals surface area (Å²) in [4.78, 5) is 0. The van der Waals surface area contributed by atoms with Gasteiger partial charge in [0.25, 0.3) is 0 Å². The van der Waals surface area contributed by atoms with Gasteiger partial charge in [0, 0.05) is 12.0 Å². The summed E-state index contributed by atoms with van der Waals surface area (Å²) >= 11 is 0. The van der Waals surface area contributed by atoms with E-state index in [-0.39, 0.29) is 11.5 Å². The summed E-state index contributed by atoms with van der Waals surface area (Å²) in [5.41, 5.74) is 5.79. The molecule has 3 atom stereocenters. The van der Waals surface area contributed by atoms with Crippen LogP contribution in [0.2, 0.25) is 0 Å². The molecule has 11 heavy (non-hydrogen) atoms. The molecular weight excluding hydrogens is 138 g/mol. The van der Waals surface area contributed by atoms with Crippen molar-refractivity contribution in [2.45, 2.75) is 32.3 Å². The highest BCUT2D eigenvalue weighted by molar-refractivity contribution is 5.08. The van der Waals surface area contributed by atoms with Crippen molar-refractivity contribution in [3.63, 3.8) is 0 Å². The van der Waals surface area contributed by atoms with Crippen molar-refractivity contribution in [3.8, 4) is 0 Å². The van der Waals surface area contributed by atoms with E-state index in [4.69, 9.17) is 5.73 Å². The van der Waals surface area contributed by atoms with Crippen LogP contribution in [0.25, 0.3) is 0 Å². The smallest absolute Gasteiger partial charge is 0.0639 e. The highest BCUT2D eigenvalue weighted by Crippen LogP contribution is 2.58. The van der Waals surface area contributed by atoms with Crippen LogP contribution in [0.1, 0.15) is 26.2 Å². The van der Waals surface area contributed by atoms with Crippen LogP contribution in [0, 0.1) is 17.3 Å². The molecule has 2 rings (SSSR count). The molecule has 2 fully saturated rings. The van der Waals surface area contributed by atoms with E-state index in [1.807, 2.05) is 0 Å². The van der Waals surface area contributed by atoms with Gasteiger partial charge in [-0.2, -0.15) is 0 Å². The standard InChI is InChI=1S/C9H17NO/c1-6-4-9(6,5-10)8(11)7-2-3-7/h6-8,11H,2-5,10H2,1H3/t6-,8+,9-/m1/s1. The van der Waals surface area contributed by atoms with E-state index < -0.39 is 0 Å². The maximum atomic E-state index is 9.87. The first-order valence-electron chi connectivity index (χ1n) is 4.59. The molecule has 64 valence electrons. The predicted molar refractivity (Wildman–Crippen MR) is 44.0 cm³/mol. The lowest BCUT2D eigenvalue weighted by Gasteiger charge is -2.21. The van der Waals surface area contributed by atoms with Gasteiger partial charge in [0.15, 0.2) is 0 Å². The van der Waals surface area contributed by atoms with Gasteiger partial charge in [0.2, 0.25) is 0 Å². The molecule has 2 aliphatic carbocycles. The monoisotopic (exact) mass is 155 g/mol. The first-order valence-corrected chi connectivity index (χ1v) is 4.59. The summed E-state index contributed by atoms with van der Waals surface area (Å²) in [5, 5.41) is 9.87. The molecule has 3 N–H and O–H groups in total. The van der Waals surface area contributed by atoms with Crippen molar-refractivity contribution in [1.29, 1.82) is 0 Å². The Morgan fingerprint density at radius 3 is 2.45 bits per heavy atom. The van der Waals surface area contributed by atoms with E-state index in [0.717, 1.165) is 6.42 Å². The Bertz CT molecular complexity index is 163. The third-order valence-corrected chi connectivity index (χ3v) is 3.55. The zero-order chi connectivity index (χ0) is 8.06. The number of aliphatic hydroxyl groups is 1. The summed E-state index contributed by atoms with van der Waals surface area (Å²) in [6, 6.07) is 0. The van der Waals surface area contributed by atoms with E-state index in [1.54, 1.807) is 0 Å². The number of nitrogens with two attached hydrogens (primary N) is 1. The maximum absolute atomic E-state index is 9.87. The fourth-order valence-corrected chi connectivity index (χ4v) is 2.21. The Balaban J connectivity index is 2.00. The van der Waals surface area contributed by atoms with E-state index in [1.165, 1.54) is 12.8 Å². The lowest BCUT2D eigenvalue weighted by Crippen LogP contribution is -2.32. The van der Waals surface area contributed by atoms with Crippen LogP contribution in [0.4, 0.5) is 0 Å². The molecule has 0 spiro atoms. The minimum Gasteiger partial charge on any atom is -0.392 e. The van der Waals surface area contributed by atoms with E-state index >= 15 is 0 Å². The van der Waals surface area contributed by atoms with Gasteiger partial charge in [-0.15, -0.1) is 0 Å². The van der Waals surface area contributed by atoms with E-state index in [0.29, 0.717) is 18.4 Å². The third-order valence-electron chi connectivity index (χ3n) is 3.55. The van der Waals surface area contributed by atoms with E-state index in [9.17, 15) is 5.11 Å². The van der Waals surface area contributed by atoms with Gasteiger partial charge in [0.05, 0.1) is 6.10 Å². The number of aliphatic hydroxyl groups excluding tert-OH is 1. The summed E-state index contributed by atoms with van der Waals surface area (Å²) in [7, 11) is 0. The van der Waals surface area contributed by atoms with Crippen LogP contribution in [0.3, 0.4) is 0 Å². The molecule has 0 aromatic heterocycles. The summed E-state index contributed by atoms with van der Waals surface area (Å²) in [5.74, 6) is 1.24. The molecule has 0 radical (unpaired) electrons. The van der Waals surface area contributed by atoms with Gasteiger partial charge < -0.3 is 10.8 Å². The molecule has 0 saturated heterocycles. The van der Waals surface area contributed by atoms with Crippen LogP contribution < -0.4 is 5.73 Å². The molecule has 0 amide bonds. The van der Waals surface area contributed by atoms with Crippen molar-refractivity contribution >= 4 is 0 Å². The van der Waals surface area contributed by atoms with Crippen LogP contribution >= 0.6 is 0 Å². The van der Waals surface area contributed by atoms with Crippen LogP contribution in [0.15, 0.2) is 0 Å². The minimum atomic E-state index is -0.0949. The Morgan fingerprint density at radius 1 is 1.64 bits per heavy atom. The Hall–Kier alpha value is -0.0800. The molecule has 2 aliphatic rings. The van der Waals surface area contributed by atoms with Gasteiger partial charge in [-0.3, -0.25) is 0 Å². The largest absolute Gasteiger partial charge is 0.392 e. The van der Waals surface area contributed by atoms with Crippen molar-refractivity contribution in [1.82, 2.24) is 0 Å². The molecule has 0 heterocycles. The highest BCUT2D eigenvalue weighted by atomic mass is 16.3. The van der Waals surface area contributed by atoms with Crippen molar-refractivity contribution in [2.24, 2.45) is 23.0 Å². The SMILES string of the molecule is C[C@@H]1C[C@]1(CN)[C@@H](O)C1CC1. The first-order chi connectivity index (χ1) is 5.20. The zero-order valence-electron chi connectivity index (χ0n) is 7.09.